The SMILES string of the molecule is CC1(C)CNCC2CCCN1C2. The van der Waals surface area contributed by atoms with E-state index in [0.717, 1.165) is 12.5 Å². The normalized spacial score (nSPS) is 40.5. The first-order chi connectivity index (χ1) is 5.68. The van der Waals surface area contributed by atoms with Crippen molar-refractivity contribution in [3.63, 3.8) is 0 Å². The lowest BCUT2D eigenvalue weighted by atomic mass is 9.95. The zero-order valence-corrected chi connectivity index (χ0v) is 8.27. The highest BCUT2D eigenvalue weighted by Crippen LogP contribution is 2.25. The molecule has 2 aliphatic heterocycles. The molecule has 2 aliphatic rings. The van der Waals surface area contributed by atoms with Crippen LogP contribution in [0.25, 0.3) is 0 Å². The molecular formula is C10H20N2. The molecule has 0 aromatic heterocycles. The molecule has 0 saturated carbocycles. The van der Waals surface area contributed by atoms with Gasteiger partial charge in [-0.3, -0.25) is 4.90 Å². The molecule has 2 unspecified atom stereocenters. The summed E-state index contributed by atoms with van der Waals surface area (Å²) in [4.78, 5) is 2.65. The predicted octanol–water partition coefficient (Wildman–Crippen LogP) is 1.08. The molecule has 0 spiro atoms. The van der Waals surface area contributed by atoms with Crippen molar-refractivity contribution in [2.24, 2.45) is 5.92 Å². The number of hydrogen-bond donors (Lipinski definition) is 1. The van der Waals surface area contributed by atoms with Gasteiger partial charge in [-0.05, 0) is 45.7 Å². The van der Waals surface area contributed by atoms with E-state index in [1.807, 2.05) is 0 Å². The fourth-order valence-electron chi connectivity index (χ4n) is 2.48. The molecule has 1 N–H and O–H groups in total. The predicted molar refractivity (Wildman–Crippen MR) is 51.2 cm³/mol. The number of hydrogen-bond acceptors (Lipinski definition) is 2. The van der Waals surface area contributed by atoms with Gasteiger partial charge in [0.2, 0.25) is 0 Å². The minimum absolute atomic E-state index is 0.384. The number of fused-ring (bicyclic) bond motifs is 2. The van der Waals surface area contributed by atoms with E-state index in [1.165, 1.54) is 32.5 Å². The summed E-state index contributed by atoms with van der Waals surface area (Å²) in [5.41, 5.74) is 0.384. The van der Waals surface area contributed by atoms with Gasteiger partial charge in [0.05, 0.1) is 0 Å². The van der Waals surface area contributed by atoms with Crippen LogP contribution in [0.2, 0.25) is 0 Å². The van der Waals surface area contributed by atoms with Crippen LogP contribution in [0.4, 0.5) is 0 Å². The average molecular weight is 168 g/mol. The molecule has 0 aromatic carbocycles. The minimum atomic E-state index is 0.384. The van der Waals surface area contributed by atoms with Gasteiger partial charge >= 0.3 is 0 Å². The minimum Gasteiger partial charge on any atom is -0.315 e. The zero-order valence-electron chi connectivity index (χ0n) is 8.27. The number of rotatable bonds is 0. The molecule has 2 heterocycles. The molecular weight excluding hydrogens is 148 g/mol. The monoisotopic (exact) mass is 168 g/mol. The third-order valence-electron chi connectivity index (χ3n) is 3.37. The smallest absolute Gasteiger partial charge is 0.0277 e. The van der Waals surface area contributed by atoms with Crippen LogP contribution in [0.1, 0.15) is 26.7 Å². The van der Waals surface area contributed by atoms with Gasteiger partial charge in [-0.15, -0.1) is 0 Å². The maximum Gasteiger partial charge on any atom is 0.0277 e. The Morgan fingerprint density at radius 3 is 3.08 bits per heavy atom. The summed E-state index contributed by atoms with van der Waals surface area (Å²) in [5.74, 6) is 0.917. The van der Waals surface area contributed by atoms with Crippen molar-refractivity contribution in [1.82, 2.24) is 10.2 Å². The molecule has 0 radical (unpaired) electrons. The Bertz CT molecular complexity index is 165. The van der Waals surface area contributed by atoms with Crippen molar-refractivity contribution in [2.75, 3.05) is 26.2 Å². The molecule has 0 amide bonds. The summed E-state index contributed by atoms with van der Waals surface area (Å²) in [6.45, 7) is 9.73. The fourth-order valence-corrected chi connectivity index (χ4v) is 2.48. The summed E-state index contributed by atoms with van der Waals surface area (Å²) in [5, 5.41) is 3.57. The van der Waals surface area contributed by atoms with Crippen molar-refractivity contribution in [3.8, 4) is 0 Å². The quantitative estimate of drug-likeness (QED) is 0.582. The van der Waals surface area contributed by atoms with Crippen molar-refractivity contribution in [1.29, 1.82) is 0 Å². The molecule has 2 saturated heterocycles. The second-order valence-electron chi connectivity index (χ2n) is 4.90. The Kier molecular flexibility index (Phi) is 2.13. The largest absolute Gasteiger partial charge is 0.315 e. The van der Waals surface area contributed by atoms with Crippen LogP contribution in [-0.2, 0) is 0 Å². The highest BCUT2D eigenvalue weighted by Gasteiger charge is 2.33. The first kappa shape index (κ1) is 8.52. The Hall–Kier alpha value is -0.0800. The van der Waals surface area contributed by atoms with Gasteiger partial charge in [-0.2, -0.15) is 0 Å². The van der Waals surface area contributed by atoms with Crippen molar-refractivity contribution in [3.05, 3.63) is 0 Å². The van der Waals surface area contributed by atoms with Crippen molar-refractivity contribution >= 4 is 0 Å². The Labute approximate surface area is 75.3 Å². The van der Waals surface area contributed by atoms with E-state index in [2.05, 4.69) is 24.1 Å². The van der Waals surface area contributed by atoms with Crippen LogP contribution >= 0.6 is 0 Å². The van der Waals surface area contributed by atoms with Crippen LogP contribution in [0.5, 0.6) is 0 Å². The van der Waals surface area contributed by atoms with Gasteiger partial charge in [0.1, 0.15) is 0 Å². The van der Waals surface area contributed by atoms with Crippen LogP contribution < -0.4 is 5.32 Å². The van der Waals surface area contributed by atoms with E-state index in [0.29, 0.717) is 5.54 Å². The lowest BCUT2D eigenvalue weighted by Crippen LogP contribution is -2.50. The molecule has 0 aliphatic carbocycles. The molecule has 2 atom stereocenters. The number of piperidine rings is 1. The third-order valence-corrected chi connectivity index (χ3v) is 3.37. The van der Waals surface area contributed by atoms with Gasteiger partial charge in [-0.1, -0.05) is 0 Å². The second-order valence-corrected chi connectivity index (χ2v) is 4.90. The van der Waals surface area contributed by atoms with Crippen LogP contribution in [0, 0.1) is 5.92 Å². The van der Waals surface area contributed by atoms with E-state index >= 15 is 0 Å². The molecule has 2 heteroatoms. The fraction of sp³-hybridized carbons (Fsp3) is 1.00. The molecule has 2 fully saturated rings. The van der Waals surface area contributed by atoms with Crippen molar-refractivity contribution < 1.29 is 0 Å². The molecule has 2 bridgehead atoms. The molecule has 2 rings (SSSR count). The van der Waals surface area contributed by atoms with Gasteiger partial charge in [0.15, 0.2) is 0 Å². The molecule has 70 valence electrons. The van der Waals surface area contributed by atoms with Crippen LogP contribution in [0.15, 0.2) is 0 Å². The van der Waals surface area contributed by atoms with Gasteiger partial charge in [0.25, 0.3) is 0 Å². The number of nitrogens with zero attached hydrogens (tertiary/aromatic N) is 1. The summed E-state index contributed by atoms with van der Waals surface area (Å²) < 4.78 is 0. The maximum atomic E-state index is 3.57. The van der Waals surface area contributed by atoms with E-state index in [1.54, 1.807) is 0 Å². The van der Waals surface area contributed by atoms with Crippen LogP contribution in [0.3, 0.4) is 0 Å². The van der Waals surface area contributed by atoms with Gasteiger partial charge in [0, 0.05) is 18.6 Å². The van der Waals surface area contributed by atoms with Crippen molar-refractivity contribution in [2.45, 2.75) is 32.2 Å². The first-order valence-corrected chi connectivity index (χ1v) is 5.14. The Morgan fingerprint density at radius 2 is 2.25 bits per heavy atom. The maximum absolute atomic E-state index is 3.57. The number of nitrogens with one attached hydrogen (secondary N) is 1. The van der Waals surface area contributed by atoms with E-state index < -0.39 is 0 Å². The lowest BCUT2D eigenvalue weighted by molar-refractivity contribution is 0.0911. The van der Waals surface area contributed by atoms with E-state index in [4.69, 9.17) is 0 Å². The summed E-state index contributed by atoms with van der Waals surface area (Å²) in [6, 6.07) is 0. The summed E-state index contributed by atoms with van der Waals surface area (Å²) in [7, 11) is 0. The molecule has 12 heavy (non-hydrogen) atoms. The van der Waals surface area contributed by atoms with Crippen LogP contribution in [-0.4, -0.2) is 36.6 Å². The van der Waals surface area contributed by atoms with Gasteiger partial charge in [-0.25, -0.2) is 0 Å². The summed E-state index contributed by atoms with van der Waals surface area (Å²) >= 11 is 0. The Morgan fingerprint density at radius 1 is 1.42 bits per heavy atom. The standard InChI is InChI=1S/C10H20N2/c1-10(2)8-11-6-9-4-3-5-12(10)7-9/h9,11H,3-8H2,1-2H3. The second kappa shape index (κ2) is 3.00. The topological polar surface area (TPSA) is 15.3 Å². The third kappa shape index (κ3) is 1.50. The summed E-state index contributed by atoms with van der Waals surface area (Å²) in [6.07, 6.45) is 2.83. The van der Waals surface area contributed by atoms with Gasteiger partial charge < -0.3 is 5.32 Å². The first-order valence-electron chi connectivity index (χ1n) is 5.14. The lowest BCUT2D eigenvalue weighted by Gasteiger charge is -2.40. The Balaban J connectivity index is 2.11. The average Bonchev–Trinajstić information content (AvgIpc) is 2.12. The van der Waals surface area contributed by atoms with E-state index in [9.17, 15) is 0 Å². The highest BCUT2D eigenvalue weighted by atomic mass is 15.2. The zero-order chi connectivity index (χ0) is 8.60. The highest BCUT2D eigenvalue weighted by molar-refractivity contribution is 4.91. The van der Waals surface area contributed by atoms with E-state index in [-0.39, 0.29) is 0 Å². The molecule has 2 nitrogen and oxygen atoms in total. The molecule has 0 aromatic rings.